The summed E-state index contributed by atoms with van der Waals surface area (Å²) < 4.78 is 33.4. The SMILES string of the molecule is CCC(=O)Nc1ccc(S(=O)(=O)N2CCC3(CC2)OCCS3)c(C)c1. The minimum absolute atomic E-state index is 0.0922. The van der Waals surface area contributed by atoms with Crippen LogP contribution in [-0.2, 0) is 19.6 Å². The molecule has 2 fully saturated rings. The summed E-state index contributed by atoms with van der Waals surface area (Å²) in [6.07, 6.45) is 1.83. The van der Waals surface area contributed by atoms with E-state index in [1.807, 2.05) is 0 Å². The summed E-state index contributed by atoms with van der Waals surface area (Å²) in [5.41, 5.74) is 1.26. The number of carbonyl (C=O) groups excluding carboxylic acids is 1. The topological polar surface area (TPSA) is 75.7 Å². The van der Waals surface area contributed by atoms with Gasteiger partial charge in [-0.15, -0.1) is 11.8 Å². The summed E-state index contributed by atoms with van der Waals surface area (Å²) in [6.45, 7) is 5.24. The van der Waals surface area contributed by atoms with E-state index >= 15 is 0 Å². The lowest BCUT2D eigenvalue weighted by Crippen LogP contribution is -2.45. The second kappa shape index (κ2) is 7.26. The van der Waals surface area contributed by atoms with Crippen LogP contribution < -0.4 is 5.32 Å². The first-order chi connectivity index (χ1) is 11.9. The third-order valence-electron chi connectivity index (χ3n) is 4.70. The molecule has 1 spiro atoms. The number of rotatable bonds is 4. The normalized spacial score (nSPS) is 20.7. The molecule has 25 heavy (non-hydrogen) atoms. The highest BCUT2D eigenvalue weighted by molar-refractivity contribution is 8.00. The molecular weight excluding hydrogens is 360 g/mol. The Hall–Kier alpha value is -1.09. The second-order valence-corrected chi connectivity index (χ2v) is 9.74. The highest BCUT2D eigenvalue weighted by atomic mass is 32.2. The smallest absolute Gasteiger partial charge is 0.243 e. The molecule has 0 aliphatic carbocycles. The van der Waals surface area contributed by atoms with Crippen LogP contribution in [0.4, 0.5) is 5.69 Å². The first-order valence-corrected chi connectivity index (χ1v) is 11.0. The van der Waals surface area contributed by atoms with Crippen LogP contribution in [0.3, 0.4) is 0 Å². The first kappa shape index (κ1) is 18.7. The van der Waals surface area contributed by atoms with E-state index in [-0.39, 0.29) is 10.8 Å². The van der Waals surface area contributed by atoms with Gasteiger partial charge in [0, 0.05) is 31.0 Å². The molecule has 6 nitrogen and oxygen atoms in total. The molecule has 0 unspecified atom stereocenters. The van der Waals surface area contributed by atoms with Gasteiger partial charge in [0.25, 0.3) is 0 Å². The van der Waals surface area contributed by atoms with Crippen LogP contribution in [0, 0.1) is 6.92 Å². The molecule has 0 saturated carbocycles. The van der Waals surface area contributed by atoms with Crippen LogP contribution in [0.15, 0.2) is 23.1 Å². The molecule has 1 amide bonds. The molecule has 2 heterocycles. The average molecular weight is 385 g/mol. The highest BCUT2D eigenvalue weighted by Gasteiger charge is 2.42. The first-order valence-electron chi connectivity index (χ1n) is 8.55. The lowest BCUT2D eigenvalue weighted by atomic mass is 10.1. The number of hydrogen-bond donors (Lipinski definition) is 1. The third-order valence-corrected chi connectivity index (χ3v) is 8.18. The molecule has 2 aliphatic rings. The Morgan fingerprint density at radius 2 is 2.08 bits per heavy atom. The van der Waals surface area contributed by atoms with Gasteiger partial charge >= 0.3 is 0 Å². The average Bonchev–Trinajstić information content (AvgIpc) is 3.03. The number of ether oxygens (including phenoxy) is 1. The lowest BCUT2D eigenvalue weighted by molar-refractivity contribution is -0.115. The zero-order valence-electron chi connectivity index (χ0n) is 14.6. The standard InChI is InChI=1S/C17H24N2O4S2/c1-3-16(20)18-14-4-5-15(13(2)12-14)25(21,22)19-8-6-17(7-9-19)23-10-11-24-17/h4-5,12H,3,6-11H2,1-2H3,(H,18,20). The predicted octanol–water partition coefficient (Wildman–Crippen LogP) is 2.59. The molecule has 138 valence electrons. The van der Waals surface area contributed by atoms with Crippen molar-refractivity contribution in [3.8, 4) is 0 Å². The van der Waals surface area contributed by atoms with Crippen LogP contribution >= 0.6 is 11.8 Å². The monoisotopic (exact) mass is 384 g/mol. The second-order valence-electron chi connectivity index (χ2n) is 6.39. The summed E-state index contributed by atoms with van der Waals surface area (Å²) in [7, 11) is -3.53. The molecule has 0 radical (unpaired) electrons. The van der Waals surface area contributed by atoms with Crippen molar-refractivity contribution >= 4 is 33.4 Å². The van der Waals surface area contributed by atoms with Gasteiger partial charge in [-0.3, -0.25) is 4.79 Å². The predicted molar refractivity (Wildman–Crippen MR) is 99.2 cm³/mol. The Bertz CT molecular complexity index is 748. The number of carbonyl (C=O) groups is 1. The number of anilines is 1. The van der Waals surface area contributed by atoms with E-state index in [0.717, 1.165) is 25.2 Å². The lowest BCUT2D eigenvalue weighted by Gasteiger charge is -2.37. The number of nitrogens with one attached hydrogen (secondary N) is 1. The molecule has 3 rings (SSSR count). The molecule has 2 aliphatic heterocycles. The molecule has 1 aromatic carbocycles. The van der Waals surface area contributed by atoms with Crippen molar-refractivity contribution in [1.82, 2.24) is 4.31 Å². The van der Waals surface area contributed by atoms with Crippen LogP contribution in [0.5, 0.6) is 0 Å². The third kappa shape index (κ3) is 3.86. The number of amides is 1. The fraction of sp³-hybridized carbons (Fsp3) is 0.588. The highest BCUT2D eigenvalue weighted by Crippen LogP contribution is 2.42. The van der Waals surface area contributed by atoms with E-state index in [1.165, 1.54) is 0 Å². The van der Waals surface area contributed by atoms with E-state index in [0.29, 0.717) is 35.7 Å². The Kier molecular flexibility index (Phi) is 5.43. The summed E-state index contributed by atoms with van der Waals surface area (Å²) in [5, 5.41) is 2.76. The largest absolute Gasteiger partial charge is 0.363 e. The van der Waals surface area contributed by atoms with Gasteiger partial charge in [0.2, 0.25) is 15.9 Å². The van der Waals surface area contributed by atoms with E-state index in [2.05, 4.69) is 5.32 Å². The van der Waals surface area contributed by atoms with Gasteiger partial charge in [-0.05, 0) is 43.5 Å². The van der Waals surface area contributed by atoms with E-state index < -0.39 is 10.0 Å². The van der Waals surface area contributed by atoms with Crippen LogP contribution in [0.25, 0.3) is 0 Å². The number of nitrogens with zero attached hydrogens (tertiary/aromatic N) is 1. The van der Waals surface area contributed by atoms with Gasteiger partial charge in [0.05, 0.1) is 11.5 Å². The van der Waals surface area contributed by atoms with Gasteiger partial charge in [-0.2, -0.15) is 4.31 Å². The zero-order valence-corrected chi connectivity index (χ0v) is 16.2. The van der Waals surface area contributed by atoms with Gasteiger partial charge < -0.3 is 10.1 Å². The summed E-state index contributed by atoms with van der Waals surface area (Å²) in [4.78, 5) is 11.6. The van der Waals surface area contributed by atoms with Gasteiger partial charge in [-0.1, -0.05) is 6.92 Å². The molecule has 0 bridgehead atoms. The van der Waals surface area contributed by atoms with E-state index in [1.54, 1.807) is 48.1 Å². The maximum atomic E-state index is 13.0. The van der Waals surface area contributed by atoms with Gasteiger partial charge in [0.15, 0.2) is 0 Å². The van der Waals surface area contributed by atoms with Gasteiger partial charge in [0.1, 0.15) is 4.93 Å². The molecular formula is C17H24N2O4S2. The summed E-state index contributed by atoms with van der Waals surface area (Å²) in [6, 6.07) is 4.94. The molecule has 1 aromatic rings. The fourth-order valence-corrected chi connectivity index (χ4v) is 6.08. The summed E-state index contributed by atoms with van der Waals surface area (Å²) in [5.74, 6) is 0.891. The zero-order chi connectivity index (χ0) is 18.1. The van der Waals surface area contributed by atoms with E-state index in [4.69, 9.17) is 4.74 Å². The Morgan fingerprint density at radius 3 is 2.64 bits per heavy atom. The number of sulfonamides is 1. The van der Waals surface area contributed by atoms with Crippen molar-refractivity contribution in [2.24, 2.45) is 0 Å². The number of piperidine rings is 1. The quantitative estimate of drug-likeness (QED) is 0.864. The number of benzene rings is 1. The molecule has 0 atom stereocenters. The minimum atomic E-state index is -3.53. The maximum absolute atomic E-state index is 13.0. The number of hydrogen-bond acceptors (Lipinski definition) is 5. The Labute approximate surface area is 153 Å². The molecule has 8 heteroatoms. The van der Waals surface area contributed by atoms with Crippen molar-refractivity contribution in [1.29, 1.82) is 0 Å². The van der Waals surface area contributed by atoms with Gasteiger partial charge in [-0.25, -0.2) is 8.42 Å². The van der Waals surface area contributed by atoms with Crippen molar-refractivity contribution < 1.29 is 17.9 Å². The van der Waals surface area contributed by atoms with Crippen molar-refractivity contribution in [3.63, 3.8) is 0 Å². The molecule has 2 saturated heterocycles. The van der Waals surface area contributed by atoms with Crippen LogP contribution in [0.1, 0.15) is 31.7 Å². The summed E-state index contributed by atoms with van der Waals surface area (Å²) >= 11 is 1.80. The minimum Gasteiger partial charge on any atom is -0.363 e. The molecule has 0 aromatic heterocycles. The van der Waals surface area contributed by atoms with Crippen molar-refractivity contribution in [3.05, 3.63) is 23.8 Å². The fourth-order valence-electron chi connectivity index (χ4n) is 3.26. The Morgan fingerprint density at radius 1 is 1.36 bits per heavy atom. The van der Waals surface area contributed by atoms with Crippen molar-refractivity contribution in [2.75, 3.05) is 30.8 Å². The van der Waals surface area contributed by atoms with Crippen LogP contribution in [0.2, 0.25) is 0 Å². The molecule has 1 N–H and O–H groups in total. The van der Waals surface area contributed by atoms with E-state index in [9.17, 15) is 13.2 Å². The number of thioether (sulfide) groups is 1. The Balaban J connectivity index is 1.75. The van der Waals surface area contributed by atoms with Crippen LogP contribution in [-0.4, -0.2) is 49.0 Å². The maximum Gasteiger partial charge on any atom is 0.243 e. The van der Waals surface area contributed by atoms with Crippen molar-refractivity contribution in [2.45, 2.75) is 42.9 Å². The number of aryl methyl sites for hydroxylation is 1.